The quantitative estimate of drug-likeness (QED) is 0.564. The molecule has 0 saturated heterocycles. The average Bonchev–Trinajstić information content (AvgIpc) is 1.63. The van der Waals surface area contributed by atoms with E-state index in [-0.39, 0.29) is 0 Å². The van der Waals surface area contributed by atoms with E-state index < -0.39 is 0 Å². The van der Waals surface area contributed by atoms with Gasteiger partial charge in [0.2, 0.25) is 0 Å². The highest BCUT2D eigenvalue weighted by molar-refractivity contribution is 7.99. The van der Waals surface area contributed by atoms with E-state index >= 15 is 0 Å². The fraction of sp³-hybridized carbons (Fsp3) is 0.857. The molecule has 0 aromatic rings. The highest BCUT2D eigenvalue weighted by Crippen LogP contribution is 2.31. The molecule has 0 heterocycles. The van der Waals surface area contributed by atoms with E-state index in [1.165, 1.54) is 25.0 Å². The molecule has 0 aromatic carbocycles. The van der Waals surface area contributed by atoms with Gasteiger partial charge in [-0.15, -0.1) is 0 Å². The second-order valence-corrected chi connectivity index (χ2v) is 3.69. The smallest absolute Gasteiger partial charge is 0.00470 e. The topological polar surface area (TPSA) is 0 Å². The Labute approximate surface area is 56.0 Å². The lowest BCUT2D eigenvalue weighted by Crippen LogP contribution is -2.13. The molecule has 1 heteroatoms. The van der Waals surface area contributed by atoms with Gasteiger partial charge in [0.15, 0.2) is 0 Å². The molecule has 0 amide bonds. The van der Waals surface area contributed by atoms with E-state index in [1.54, 1.807) is 0 Å². The van der Waals surface area contributed by atoms with Crippen LogP contribution in [-0.4, -0.2) is 11.0 Å². The van der Waals surface area contributed by atoms with Gasteiger partial charge in [0.25, 0.3) is 0 Å². The SMILES string of the molecule is [CH2]CCSC1CCC1. The van der Waals surface area contributed by atoms with Crippen molar-refractivity contribution in [2.24, 2.45) is 0 Å². The van der Waals surface area contributed by atoms with Crippen LogP contribution < -0.4 is 0 Å². The maximum atomic E-state index is 3.80. The summed E-state index contributed by atoms with van der Waals surface area (Å²) < 4.78 is 0. The lowest BCUT2D eigenvalue weighted by molar-refractivity contribution is 0.522. The van der Waals surface area contributed by atoms with Crippen LogP contribution in [0.4, 0.5) is 0 Å². The largest absolute Gasteiger partial charge is 0.159 e. The van der Waals surface area contributed by atoms with E-state index in [0.717, 1.165) is 11.7 Å². The number of thioether (sulfide) groups is 1. The normalized spacial score (nSPS) is 20.6. The molecule has 0 unspecified atom stereocenters. The Morgan fingerprint density at radius 3 is 2.62 bits per heavy atom. The molecule has 1 saturated carbocycles. The molecule has 1 fully saturated rings. The minimum absolute atomic E-state index is 1.01. The maximum absolute atomic E-state index is 3.80. The van der Waals surface area contributed by atoms with Crippen molar-refractivity contribution in [3.63, 3.8) is 0 Å². The van der Waals surface area contributed by atoms with Crippen LogP contribution in [0.2, 0.25) is 0 Å². The van der Waals surface area contributed by atoms with Crippen LogP contribution in [-0.2, 0) is 0 Å². The van der Waals surface area contributed by atoms with Crippen molar-refractivity contribution in [2.75, 3.05) is 5.75 Å². The van der Waals surface area contributed by atoms with Crippen LogP contribution in [0.25, 0.3) is 0 Å². The first-order valence-corrected chi connectivity index (χ1v) is 4.39. The molecular weight excluding hydrogens is 116 g/mol. The fourth-order valence-electron chi connectivity index (χ4n) is 0.787. The first kappa shape index (κ1) is 6.47. The van der Waals surface area contributed by atoms with Gasteiger partial charge in [0.05, 0.1) is 0 Å². The van der Waals surface area contributed by atoms with Gasteiger partial charge in [-0.05, 0) is 25.0 Å². The third kappa shape index (κ3) is 1.70. The highest BCUT2D eigenvalue weighted by atomic mass is 32.2. The molecule has 1 rings (SSSR count). The molecule has 0 spiro atoms. The van der Waals surface area contributed by atoms with E-state index in [1.807, 2.05) is 0 Å². The van der Waals surface area contributed by atoms with Crippen LogP contribution in [0, 0.1) is 6.92 Å². The second-order valence-electron chi connectivity index (χ2n) is 2.28. The zero-order valence-corrected chi connectivity index (χ0v) is 6.04. The predicted molar refractivity (Wildman–Crippen MR) is 40.1 cm³/mol. The van der Waals surface area contributed by atoms with Crippen molar-refractivity contribution in [2.45, 2.75) is 30.9 Å². The Morgan fingerprint density at radius 2 is 2.25 bits per heavy atom. The second kappa shape index (κ2) is 3.39. The van der Waals surface area contributed by atoms with E-state index in [0.29, 0.717) is 0 Å². The molecule has 0 bridgehead atoms. The molecule has 0 aliphatic heterocycles. The van der Waals surface area contributed by atoms with Gasteiger partial charge in [-0.25, -0.2) is 0 Å². The Hall–Kier alpha value is 0.350. The fourth-order valence-corrected chi connectivity index (χ4v) is 1.95. The van der Waals surface area contributed by atoms with Crippen molar-refractivity contribution in [1.29, 1.82) is 0 Å². The van der Waals surface area contributed by atoms with Gasteiger partial charge in [0.1, 0.15) is 0 Å². The lowest BCUT2D eigenvalue weighted by atomic mass is 10.0. The summed E-state index contributed by atoms with van der Waals surface area (Å²) in [6.07, 6.45) is 5.49. The summed E-state index contributed by atoms with van der Waals surface area (Å²) in [5.74, 6) is 1.27. The van der Waals surface area contributed by atoms with Crippen molar-refractivity contribution >= 4 is 11.8 Å². The Balaban J connectivity index is 1.86. The lowest BCUT2D eigenvalue weighted by Gasteiger charge is -2.24. The molecular formula is C7H13S. The summed E-state index contributed by atoms with van der Waals surface area (Å²) in [5.41, 5.74) is 0. The van der Waals surface area contributed by atoms with Gasteiger partial charge >= 0.3 is 0 Å². The van der Waals surface area contributed by atoms with Crippen LogP contribution in [0.1, 0.15) is 25.7 Å². The standard InChI is InChI=1S/C7H13S/c1-2-6-8-7-4-3-5-7/h7H,1-6H2. The third-order valence-corrected chi connectivity index (χ3v) is 3.02. The minimum Gasteiger partial charge on any atom is -0.159 e. The van der Waals surface area contributed by atoms with Gasteiger partial charge in [-0.3, -0.25) is 0 Å². The first-order valence-electron chi connectivity index (χ1n) is 3.34. The zero-order chi connectivity index (χ0) is 5.82. The Kier molecular flexibility index (Phi) is 2.74. The summed E-state index contributed by atoms with van der Waals surface area (Å²) in [7, 11) is 0. The molecule has 0 atom stereocenters. The number of hydrogen-bond acceptors (Lipinski definition) is 1. The Morgan fingerprint density at radius 1 is 1.50 bits per heavy atom. The van der Waals surface area contributed by atoms with Crippen molar-refractivity contribution in [1.82, 2.24) is 0 Å². The van der Waals surface area contributed by atoms with E-state index in [9.17, 15) is 0 Å². The first-order chi connectivity index (χ1) is 3.93. The summed E-state index contributed by atoms with van der Waals surface area (Å²) >= 11 is 2.10. The number of hydrogen-bond donors (Lipinski definition) is 0. The van der Waals surface area contributed by atoms with Gasteiger partial charge in [0, 0.05) is 5.25 Å². The van der Waals surface area contributed by atoms with Crippen molar-refractivity contribution in [3.05, 3.63) is 6.92 Å². The summed E-state index contributed by atoms with van der Waals surface area (Å²) in [4.78, 5) is 0. The molecule has 1 radical (unpaired) electrons. The minimum atomic E-state index is 1.01. The van der Waals surface area contributed by atoms with E-state index in [4.69, 9.17) is 0 Å². The van der Waals surface area contributed by atoms with Crippen LogP contribution in [0.5, 0.6) is 0 Å². The van der Waals surface area contributed by atoms with Crippen LogP contribution >= 0.6 is 11.8 Å². The molecule has 0 aromatic heterocycles. The van der Waals surface area contributed by atoms with Crippen molar-refractivity contribution in [3.8, 4) is 0 Å². The maximum Gasteiger partial charge on any atom is 0.00470 e. The van der Waals surface area contributed by atoms with Crippen LogP contribution in [0.3, 0.4) is 0 Å². The molecule has 1 aliphatic carbocycles. The van der Waals surface area contributed by atoms with Crippen molar-refractivity contribution < 1.29 is 0 Å². The van der Waals surface area contributed by atoms with Gasteiger partial charge in [-0.1, -0.05) is 13.3 Å². The van der Waals surface area contributed by atoms with E-state index in [2.05, 4.69) is 18.7 Å². The third-order valence-electron chi connectivity index (χ3n) is 1.55. The number of rotatable bonds is 3. The molecule has 8 heavy (non-hydrogen) atoms. The Bertz CT molecular complexity index is 57.4. The van der Waals surface area contributed by atoms with Crippen LogP contribution in [0.15, 0.2) is 0 Å². The predicted octanol–water partition coefficient (Wildman–Crippen LogP) is 2.50. The van der Waals surface area contributed by atoms with Gasteiger partial charge < -0.3 is 0 Å². The average molecular weight is 129 g/mol. The summed E-state index contributed by atoms with van der Waals surface area (Å²) in [6, 6.07) is 0. The molecule has 47 valence electrons. The zero-order valence-electron chi connectivity index (χ0n) is 5.23. The summed E-state index contributed by atoms with van der Waals surface area (Å²) in [6.45, 7) is 3.80. The monoisotopic (exact) mass is 129 g/mol. The highest BCUT2D eigenvalue weighted by Gasteiger charge is 2.16. The molecule has 0 nitrogen and oxygen atoms in total. The van der Waals surface area contributed by atoms with Gasteiger partial charge in [-0.2, -0.15) is 11.8 Å². The summed E-state index contributed by atoms with van der Waals surface area (Å²) in [5, 5.41) is 1.01. The molecule has 0 N–H and O–H groups in total. The molecule has 1 aliphatic rings.